The van der Waals surface area contributed by atoms with Crippen LogP contribution in [0.25, 0.3) is 0 Å². The van der Waals surface area contributed by atoms with Gasteiger partial charge in [0.1, 0.15) is 5.69 Å². The van der Waals surface area contributed by atoms with Gasteiger partial charge in [-0.25, -0.2) is 0 Å². The number of carbonyl (C=O) groups excluding carboxylic acids is 2. The quantitative estimate of drug-likeness (QED) is 0.802. The van der Waals surface area contributed by atoms with E-state index in [4.69, 9.17) is 0 Å². The van der Waals surface area contributed by atoms with Crippen molar-refractivity contribution >= 4 is 11.8 Å². The second kappa shape index (κ2) is 9.52. The Hall–Kier alpha value is -2.76. The van der Waals surface area contributed by atoms with Crippen LogP contribution >= 0.6 is 0 Å². The topological polar surface area (TPSA) is 75.2 Å². The molecule has 0 aromatic carbocycles. The summed E-state index contributed by atoms with van der Waals surface area (Å²) in [6.45, 7) is 5.82. The molecule has 0 unspecified atom stereocenters. The summed E-state index contributed by atoms with van der Waals surface area (Å²) in [6, 6.07) is 6.88. The number of rotatable bonds is 8. The van der Waals surface area contributed by atoms with Gasteiger partial charge in [0, 0.05) is 43.8 Å². The Morgan fingerprint density at radius 3 is 2.52 bits per heavy atom. The Labute approximate surface area is 148 Å². The van der Waals surface area contributed by atoms with Gasteiger partial charge in [0.05, 0.1) is 0 Å². The number of aromatic nitrogens is 2. The van der Waals surface area contributed by atoms with Crippen molar-refractivity contribution < 1.29 is 9.59 Å². The summed E-state index contributed by atoms with van der Waals surface area (Å²) in [7, 11) is 0. The molecule has 0 fully saturated rings. The summed E-state index contributed by atoms with van der Waals surface area (Å²) in [5.74, 6) is -0.372. The molecule has 6 nitrogen and oxygen atoms in total. The highest BCUT2D eigenvalue weighted by atomic mass is 16.2. The zero-order chi connectivity index (χ0) is 18.1. The highest BCUT2D eigenvalue weighted by Gasteiger charge is 2.17. The van der Waals surface area contributed by atoms with E-state index in [1.165, 1.54) is 6.20 Å². The summed E-state index contributed by atoms with van der Waals surface area (Å²) < 4.78 is 0. The van der Waals surface area contributed by atoms with Crippen LogP contribution in [-0.2, 0) is 6.54 Å². The van der Waals surface area contributed by atoms with E-state index in [9.17, 15) is 9.59 Å². The molecule has 2 rings (SSSR count). The van der Waals surface area contributed by atoms with Crippen molar-refractivity contribution in [3.63, 3.8) is 0 Å². The molecule has 25 heavy (non-hydrogen) atoms. The maximum absolute atomic E-state index is 12.6. The maximum Gasteiger partial charge on any atom is 0.272 e. The largest absolute Gasteiger partial charge is 0.348 e. The molecular weight excluding hydrogens is 316 g/mol. The summed E-state index contributed by atoms with van der Waals surface area (Å²) >= 11 is 0. The zero-order valence-corrected chi connectivity index (χ0v) is 14.7. The zero-order valence-electron chi connectivity index (χ0n) is 14.7. The van der Waals surface area contributed by atoms with Crippen molar-refractivity contribution in [2.75, 3.05) is 13.1 Å². The van der Waals surface area contributed by atoms with Crippen LogP contribution < -0.4 is 5.32 Å². The van der Waals surface area contributed by atoms with Crippen molar-refractivity contribution in [3.8, 4) is 0 Å². The van der Waals surface area contributed by atoms with E-state index in [2.05, 4.69) is 15.3 Å². The third-order valence-corrected chi connectivity index (χ3v) is 3.69. The first-order valence-corrected chi connectivity index (χ1v) is 8.58. The number of amides is 2. The van der Waals surface area contributed by atoms with E-state index in [0.29, 0.717) is 30.9 Å². The Balaban J connectivity index is 2.06. The monoisotopic (exact) mass is 340 g/mol. The van der Waals surface area contributed by atoms with E-state index in [0.717, 1.165) is 18.4 Å². The minimum Gasteiger partial charge on any atom is -0.348 e. The number of pyridine rings is 2. The molecule has 2 amide bonds. The Morgan fingerprint density at radius 1 is 1.12 bits per heavy atom. The standard InChI is InChI=1S/C19H24N4O2/c1-3-10-23(11-4-2)19(25)17-12-16(7-9-21-17)18(24)22-14-15-6-5-8-20-13-15/h5-9,12-13H,3-4,10-11,14H2,1-2H3,(H,22,24). The molecular formula is C19H24N4O2. The van der Waals surface area contributed by atoms with Crippen molar-refractivity contribution in [2.45, 2.75) is 33.2 Å². The molecule has 2 aromatic heterocycles. The fourth-order valence-electron chi connectivity index (χ4n) is 2.49. The minimum atomic E-state index is -0.238. The summed E-state index contributed by atoms with van der Waals surface area (Å²) in [5.41, 5.74) is 1.64. The predicted octanol–water partition coefficient (Wildman–Crippen LogP) is 2.67. The van der Waals surface area contributed by atoms with Gasteiger partial charge in [0.25, 0.3) is 11.8 Å². The number of hydrogen-bond donors (Lipinski definition) is 1. The molecule has 0 saturated carbocycles. The number of nitrogens with zero attached hydrogens (tertiary/aromatic N) is 3. The average molecular weight is 340 g/mol. The molecule has 6 heteroatoms. The van der Waals surface area contributed by atoms with Gasteiger partial charge in [0.2, 0.25) is 0 Å². The van der Waals surface area contributed by atoms with Gasteiger partial charge in [-0.3, -0.25) is 19.6 Å². The second-order valence-corrected chi connectivity index (χ2v) is 5.77. The fourth-order valence-corrected chi connectivity index (χ4v) is 2.49. The molecule has 0 spiro atoms. The molecule has 0 aliphatic heterocycles. The van der Waals surface area contributed by atoms with Crippen LogP contribution in [0, 0.1) is 0 Å². The SMILES string of the molecule is CCCN(CCC)C(=O)c1cc(C(=O)NCc2cccnc2)ccn1. The van der Waals surface area contributed by atoms with Crippen LogP contribution in [0.2, 0.25) is 0 Å². The van der Waals surface area contributed by atoms with Crippen LogP contribution in [0.1, 0.15) is 53.1 Å². The minimum absolute atomic E-state index is 0.134. The highest BCUT2D eigenvalue weighted by molar-refractivity contribution is 5.98. The molecule has 132 valence electrons. The normalized spacial score (nSPS) is 10.3. The Kier molecular flexibility index (Phi) is 7.07. The van der Waals surface area contributed by atoms with Crippen LogP contribution in [0.4, 0.5) is 0 Å². The molecule has 0 aliphatic rings. The molecule has 1 N–H and O–H groups in total. The third-order valence-electron chi connectivity index (χ3n) is 3.69. The molecule has 0 saturated heterocycles. The van der Waals surface area contributed by atoms with Crippen LogP contribution in [0.5, 0.6) is 0 Å². The van der Waals surface area contributed by atoms with Crippen molar-refractivity contribution in [3.05, 3.63) is 59.7 Å². The summed E-state index contributed by atoms with van der Waals surface area (Å²) in [4.78, 5) is 34.9. The first-order chi connectivity index (χ1) is 12.2. The number of hydrogen-bond acceptors (Lipinski definition) is 4. The van der Waals surface area contributed by atoms with Gasteiger partial charge in [-0.1, -0.05) is 19.9 Å². The Morgan fingerprint density at radius 2 is 1.88 bits per heavy atom. The molecule has 2 heterocycles. The average Bonchev–Trinajstić information content (AvgIpc) is 2.66. The van der Waals surface area contributed by atoms with Crippen LogP contribution in [0.15, 0.2) is 42.9 Å². The van der Waals surface area contributed by atoms with Gasteiger partial charge in [-0.15, -0.1) is 0 Å². The van der Waals surface area contributed by atoms with E-state index in [1.807, 2.05) is 26.0 Å². The maximum atomic E-state index is 12.6. The third kappa shape index (κ3) is 5.38. The molecule has 0 atom stereocenters. The smallest absolute Gasteiger partial charge is 0.272 e. The van der Waals surface area contributed by atoms with Gasteiger partial charge in [0.15, 0.2) is 0 Å². The van der Waals surface area contributed by atoms with E-state index in [-0.39, 0.29) is 11.8 Å². The predicted molar refractivity (Wildman–Crippen MR) is 96.1 cm³/mol. The first kappa shape index (κ1) is 18.6. The van der Waals surface area contributed by atoms with E-state index in [1.54, 1.807) is 29.4 Å². The van der Waals surface area contributed by atoms with Crippen LogP contribution in [0.3, 0.4) is 0 Å². The fraction of sp³-hybridized carbons (Fsp3) is 0.368. The second-order valence-electron chi connectivity index (χ2n) is 5.77. The molecule has 0 aliphatic carbocycles. The van der Waals surface area contributed by atoms with Crippen molar-refractivity contribution in [2.24, 2.45) is 0 Å². The summed E-state index contributed by atoms with van der Waals surface area (Å²) in [6.07, 6.45) is 6.66. The van der Waals surface area contributed by atoms with Crippen molar-refractivity contribution in [1.29, 1.82) is 0 Å². The number of nitrogens with one attached hydrogen (secondary N) is 1. The Bertz CT molecular complexity index is 698. The van der Waals surface area contributed by atoms with Gasteiger partial charge >= 0.3 is 0 Å². The molecule has 0 radical (unpaired) electrons. The van der Waals surface area contributed by atoms with Gasteiger partial charge in [-0.05, 0) is 36.6 Å². The molecule has 0 bridgehead atoms. The molecule has 2 aromatic rings. The lowest BCUT2D eigenvalue weighted by atomic mass is 10.2. The van der Waals surface area contributed by atoms with E-state index >= 15 is 0 Å². The van der Waals surface area contributed by atoms with E-state index < -0.39 is 0 Å². The summed E-state index contributed by atoms with van der Waals surface area (Å²) in [5, 5.41) is 2.83. The first-order valence-electron chi connectivity index (χ1n) is 8.58. The number of carbonyl (C=O) groups is 2. The van der Waals surface area contributed by atoms with Crippen LogP contribution in [-0.4, -0.2) is 39.8 Å². The van der Waals surface area contributed by atoms with Gasteiger partial charge in [-0.2, -0.15) is 0 Å². The lowest BCUT2D eigenvalue weighted by Gasteiger charge is -2.21. The highest BCUT2D eigenvalue weighted by Crippen LogP contribution is 2.08. The van der Waals surface area contributed by atoms with Crippen molar-refractivity contribution in [1.82, 2.24) is 20.2 Å². The lowest BCUT2D eigenvalue weighted by Crippen LogP contribution is -2.33. The van der Waals surface area contributed by atoms with Gasteiger partial charge < -0.3 is 10.2 Å². The lowest BCUT2D eigenvalue weighted by molar-refractivity contribution is 0.0749.